The third-order valence-electron chi connectivity index (χ3n) is 3.21. The molecular formula is C15H17N5O. The Morgan fingerprint density at radius 1 is 1.14 bits per heavy atom. The van der Waals surface area contributed by atoms with Gasteiger partial charge < -0.3 is 14.6 Å². The minimum atomic E-state index is 0.672. The van der Waals surface area contributed by atoms with Crippen LogP contribution in [0.15, 0.2) is 43.0 Å². The topological polar surface area (TPSA) is 66.9 Å². The highest BCUT2D eigenvalue weighted by Crippen LogP contribution is 2.18. The highest BCUT2D eigenvalue weighted by atomic mass is 16.5. The van der Waals surface area contributed by atoms with E-state index in [1.807, 2.05) is 37.4 Å². The van der Waals surface area contributed by atoms with Gasteiger partial charge in [-0.1, -0.05) is 18.2 Å². The lowest BCUT2D eigenvalue weighted by Gasteiger charge is -2.18. The molecule has 2 heterocycles. The van der Waals surface area contributed by atoms with Crippen LogP contribution in [0.5, 0.6) is 5.75 Å². The van der Waals surface area contributed by atoms with Crippen LogP contribution in [0.4, 0.5) is 5.82 Å². The van der Waals surface area contributed by atoms with Gasteiger partial charge in [0.1, 0.15) is 17.6 Å². The van der Waals surface area contributed by atoms with E-state index < -0.39 is 0 Å². The van der Waals surface area contributed by atoms with Crippen molar-refractivity contribution in [3.05, 3.63) is 43.0 Å². The second-order valence-electron chi connectivity index (χ2n) is 4.74. The summed E-state index contributed by atoms with van der Waals surface area (Å²) in [6.07, 6.45) is 4.08. The molecule has 108 valence electrons. The number of benzene rings is 1. The Morgan fingerprint density at radius 3 is 2.86 bits per heavy atom. The Hall–Kier alpha value is -2.63. The first-order chi connectivity index (χ1) is 10.3. The Labute approximate surface area is 122 Å². The Morgan fingerprint density at radius 2 is 2.00 bits per heavy atom. The number of H-pyrrole nitrogens is 1. The third-order valence-corrected chi connectivity index (χ3v) is 3.21. The van der Waals surface area contributed by atoms with Crippen LogP contribution in [0.2, 0.25) is 0 Å². The summed E-state index contributed by atoms with van der Waals surface area (Å²) in [5.41, 5.74) is 1.55. The molecule has 1 aromatic carbocycles. The molecule has 0 fully saturated rings. The quantitative estimate of drug-likeness (QED) is 0.703. The van der Waals surface area contributed by atoms with E-state index in [1.54, 1.807) is 6.33 Å². The first kappa shape index (κ1) is 13.4. The number of nitrogens with zero attached hydrogens (tertiary/aromatic N) is 4. The van der Waals surface area contributed by atoms with E-state index in [1.165, 1.54) is 6.33 Å². The van der Waals surface area contributed by atoms with Crippen LogP contribution in [0.1, 0.15) is 6.42 Å². The van der Waals surface area contributed by atoms with E-state index in [2.05, 4.69) is 24.8 Å². The number of para-hydroxylation sites is 1. The largest absolute Gasteiger partial charge is 0.494 e. The standard InChI is InChI=1S/C15H17N5O/c1-20(8-5-9-21-12-6-3-2-4-7-12)15-13-14(17-10-16-13)18-11-19-15/h2-4,6-7,10-11H,5,8-9H2,1H3,(H,16,17,18,19). The molecule has 0 saturated carbocycles. The molecule has 0 bridgehead atoms. The number of aromatic nitrogens is 4. The van der Waals surface area contributed by atoms with Crippen LogP contribution in [0.25, 0.3) is 11.2 Å². The number of hydrogen-bond acceptors (Lipinski definition) is 5. The molecule has 0 aliphatic carbocycles. The molecule has 21 heavy (non-hydrogen) atoms. The number of nitrogens with one attached hydrogen (secondary N) is 1. The van der Waals surface area contributed by atoms with Gasteiger partial charge in [0.25, 0.3) is 0 Å². The lowest BCUT2D eigenvalue weighted by Crippen LogP contribution is -2.21. The van der Waals surface area contributed by atoms with Crippen molar-refractivity contribution in [2.24, 2.45) is 0 Å². The van der Waals surface area contributed by atoms with Gasteiger partial charge in [0.2, 0.25) is 0 Å². The maximum Gasteiger partial charge on any atom is 0.182 e. The second-order valence-corrected chi connectivity index (χ2v) is 4.74. The van der Waals surface area contributed by atoms with Crippen molar-refractivity contribution in [2.45, 2.75) is 6.42 Å². The molecular weight excluding hydrogens is 266 g/mol. The zero-order valence-electron chi connectivity index (χ0n) is 11.9. The van der Waals surface area contributed by atoms with Crippen molar-refractivity contribution >= 4 is 17.0 Å². The fraction of sp³-hybridized carbons (Fsp3) is 0.267. The fourth-order valence-corrected chi connectivity index (χ4v) is 2.16. The summed E-state index contributed by atoms with van der Waals surface area (Å²) in [5, 5.41) is 0. The number of imidazole rings is 1. The van der Waals surface area contributed by atoms with Crippen LogP contribution in [-0.2, 0) is 0 Å². The van der Waals surface area contributed by atoms with Gasteiger partial charge in [-0.25, -0.2) is 15.0 Å². The van der Waals surface area contributed by atoms with E-state index >= 15 is 0 Å². The summed E-state index contributed by atoms with van der Waals surface area (Å²) >= 11 is 0. The monoisotopic (exact) mass is 283 g/mol. The molecule has 1 N–H and O–H groups in total. The number of fused-ring (bicyclic) bond motifs is 1. The zero-order valence-corrected chi connectivity index (χ0v) is 11.9. The van der Waals surface area contributed by atoms with Gasteiger partial charge in [0, 0.05) is 13.6 Å². The maximum absolute atomic E-state index is 5.69. The summed E-state index contributed by atoms with van der Waals surface area (Å²) in [5.74, 6) is 1.76. The Bertz CT molecular complexity index is 697. The zero-order chi connectivity index (χ0) is 14.5. The average molecular weight is 283 g/mol. The van der Waals surface area contributed by atoms with Gasteiger partial charge in [-0.3, -0.25) is 0 Å². The number of aromatic amines is 1. The molecule has 0 atom stereocenters. The van der Waals surface area contributed by atoms with Crippen molar-refractivity contribution < 1.29 is 4.74 Å². The van der Waals surface area contributed by atoms with Crippen LogP contribution < -0.4 is 9.64 Å². The van der Waals surface area contributed by atoms with E-state index in [0.29, 0.717) is 12.3 Å². The molecule has 0 radical (unpaired) electrons. The molecule has 3 aromatic rings. The Balaban J connectivity index is 1.55. The molecule has 6 nitrogen and oxygen atoms in total. The molecule has 0 aliphatic rings. The van der Waals surface area contributed by atoms with E-state index in [0.717, 1.165) is 30.0 Å². The fourth-order valence-electron chi connectivity index (χ4n) is 2.16. The molecule has 3 rings (SSSR count). The molecule has 2 aromatic heterocycles. The van der Waals surface area contributed by atoms with Gasteiger partial charge >= 0.3 is 0 Å². The molecule has 0 spiro atoms. The summed E-state index contributed by atoms with van der Waals surface area (Å²) in [7, 11) is 2.01. The predicted molar refractivity (Wildman–Crippen MR) is 81.5 cm³/mol. The molecule has 0 saturated heterocycles. The summed E-state index contributed by atoms with van der Waals surface area (Å²) in [4.78, 5) is 17.7. The van der Waals surface area contributed by atoms with Gasteiger partial charge in [-0.15, -0.1) is 0 Å². The summed E-state index contributed by atoms with van der Waals surface area (Å²) in [6.45, 7) is 1.52. The first-order valence-corrected chi connectivity index (χ1v) is 6.87. The van der Waals surface area contributed by atoms with Crippen molar-refractivity contribution in [1.29, 1.82) is 0 Å². The minimum absolute atomic E-state index is 0.672. The van der Waals surface area contributed by atoms with Crippen molar-refractivity contribution in [3.63, 3.8) is 0 Å². The van der Waals surface area contributed by atoms with Gasteiger partial charge in [0.15, 0.2) is 11.5 Å². The molecule has 0 amide bonds. The van der Waals surface area contributed by atoms with Gasteiger partial charge in [-0.05, 0) is 18.6 Å². The lowest BCUT2D eigenvalue weighted by molar-refractivity contribution is 0.312. The van der Waals surface area contributed by atoms with Gasteiger partial charge in [0.05, 0.1) is 12.9 Å². The van der Waals surface area contributed by atoms with Crippen molar-refractivity contribution in [3.8, 4) is 5.75 Å². The van der Waals surface area contributed by atoms with E-state index in [-0.39, 0.29) is 0 Å². The normalized spacial score (nSPS) is 10.7. The van der Waals surface area contributed by atoms with Crippen LogP contribution in [-0.4, -0.2) is 40.1 Å². The average Bonchev–Trinajstić information content (AvgIpc) is 3.01. The van der Waals surface area contributed by atoms with E-state index in [9.17, 15) is 0 Å². The number of anilines is 1. The lowest BCUT2D eigenvalue weighted by atomic mass is 10.3. The first-order valence-electron chi connectivity index (χ1n) is 6.87. The SMILES string of the molecule is CN(CCCOc1ccccc1)c1ncnc2nc[nH]c12. The molecule has 0 aliphatic heterocycles. The summed E-state index contributed by atoms with van der Waals surface area (Å²) < 4.78 is 5.69. The van der Waals surface area contributed by atoms with Crippen LogP contribution >= 0.6 is 0 Å². The summed E-state index contributed by atoms with van der Waals surface area (Å²) in [6, 6.07) is 9.84. The highest BCUT2D eigenvalue weighted by molar-refractivity contribution is 5.82. The smallest absolute Gasteiger partial charge is 0.182 e. The van der Waals surface area contributed by atoms with E-state index in [4.69, 9.17) is 4.74 Å². The van der Waals surface area contributed by atoms with Crippen molar-refractivity contribution in [2.75, 3.05) is 25.1 Å². The van der Waals surface area contributed by atoms with Crippen LogP contribution in [0.3, 0.4) is 0 Å². The molecule has 0 unspecified atom stereocenters. The predicted octanol–water partition coefficient (Wildman–Crippen LogP) is 2.26. The number of ether oxygens (including phenoxy) is 1. The Kier molecular flexibility index (Phi) is 3.95. The maximum atomic E-state index is 5.69. The third kappa shape index (κ3) is 3.10. The van der Waals surface area contributed by atoms with Crippen molar-refractivity contribution in [1.82, 2.24) is 19.9 Å². The number of hydrogen-bond donors (Lipinski definition) is 1. The second kappa shape index (κ2) is 6.21. The molecule has 6 heteroatoms. The van der Waals surface area contributed by atoms with Gasteiger partial charge in [-0.2, -0.15) is 0 Å². The van der Waals surface area contributed by atoms with Crippen LogP contribution in [0, 0.1) is 0 Å². The number of rotatable bonds is 6. The minimum Gasteiger partial charge on any atom is -0.494 e. The highest BCUT2D eigenvalue weighted by Gasteiger charge is 2.09.